The summed E-state index contributed by atoms with van der Waals surface area (Å²) in [6.07, 6.45) is 1.07. The van der Waals surface area contributed by atoms with Crippen LogP contribution in [0.4, 0.5) is 0 Å². The first-order chi connectivity index (χ1) is 15.0. The quantitative estimate of drug-likeness (QED) is 0.376. The molecule has 6 nitrogen and oxygen atoms in total. The van der Waals surface area contributed by atoms with Crippen molar-refractivity contribution in [1.82, 2.24) is 9.55 Å². The molecule has 2 unspecified atom stereocenters. The average Bonchev–Trinajstić information content (AvgIpc) is 3.11. The molecule has 4 rings (SSSR count). The normalized spacial score (nSPS) is 16.2. The molecule has 0 amide bonds. The molecule has 7 heteroatoms. The van der Waals surface area contributed by atoms with Gasteiger partial charge in [-0.2, -0.15) is 0 Å². The summed E-state index contributed by atoms with van der Waals surface area (Å²) in [5.74, 6) is 2.40. The highest BCUT2D eigenvalue weighted by atomic mass is 32.2. The summed E-state index contributed by atoms with van der Waals surface area (Å²) >= 11 is 1.53. The molecule has 1 aliphatic heterocycles. The predicted octanol–water partition coefficient (Wildman–Crippen LogP) is 4.62. The molecule has 0 saturated heterocycles. The number of rotatable bonds is 8. The van der Waals surface area contributed by atoms with Gasteiger partial charge in [0.1, 0.15) is 17.6 Å². The number of aromatic nitrogens is 2. The predicted molar refractivity (Wildman–Crippen MR) is 124 cm³/mol. The number of benzene rings is 2. The molecule has 0 fully saturated rings. The van der Waals surface area contributed by atoms with Crippen molar-refractivity contribution in [3.63, 3.8) is 0 Å². The maximum absolute atomic E-state index is 13.2. The Balaban J connectivity index is 1.71. The molecule has 0 spiro atoms. The van der Waals surface area contributed by atoms with Gasteiger partial charge >= 0.3 is 0 Å². The Kier molecular flexibility index (Phi) is 6.53. The lowest BCUT2D eigenvalue weighted by atomic mass is 10.1. The number of thioether (sulfide) groups is 1. The van der Waals surface area contributed by atoms with Gasteiger partial charge in [-0.05, 0) is 45.0 Å². The highest BCUT2D eigenvalue weighted by Gasteiger charge is 2.23. The SMILES string of the molecule is CCOc1cc2c(cc1CSc1nc3ccccc3c(=O)n1C(C)COC)OC(C)C2. The second kappa shape index (κ2) is 9.32. The van der Waals surface area contributed by atoms with Crippen LogP contribution in [-0.2, 0) is 16.9 Å². The van der Waals surface area contributed by atoms with Gasteiger partial charge in [-0.15, -0.1) is 0 Å². The average molecular weight is 441 g/mol. The van der Waals surface area contributed by atoms with E-state index in [2.05, 4.69) is 19.1 Å². The number of fused-ring (bicyclic) bond motifs is 2. The number of hydrogen-bond donors (Lipinski definition) is 0. The molecule has 1 aliphatic rings. The van der Waals surface area contributed by atoms with Crippen LogP contribution in [0.5, 0.6) is 11.5 Å². The van der Waals surface area contributed by atoms with Crippen molar-refractivity contribution in [3.05, 3.63) is 57.9 Å². The van der Waals surface area contributed by atoms with Crippen LogP contribution in [0.3, 0.4) is 0 Å². The van der Waals surface area contributed by atoms with Gasteiger partial charge in [-0.25, -0.2) is 4.98 Å². The summed E-state index contributed by atoms with van der Waals surface area (Å²) < 4.78 is 18.9. The van der Waals surface area contributed by atoms with E-state index < -0.39 is 0 Å². The third kappa shape index (κ3) is 4.43. The van der Waals surface area contributed by atoms with E-state index in [4.69, 9.17) is 19.2 Å². The Hall–Kier alpha value is -2.51. The number of nitrogens with zero attached hydrogens (tertiary/aromatic N) is 2. The molecule has 2 heterocycles. The van der Waals surface area contributed by atoms with Crippen molar-refractivity contribution >= 4 is 22.7 Å². The van der Waals surface area contributed by atoms with E-state index in [1.54, 1.807) is 11.7 Å². The smallest absolute Gasteiger partial charge is 0.262 e. The van der Waals surface area contributed by atoms with Gasteiger partial charge in [0.2, 0.25) is 0 Å². The van der Waals surface area contributed by atoms with Crippen molar-refractivity contribution in [2.75, 3.05) is 20.3 Å². The number of hydrogen-bond acceptors (Lipinski definition) is 6. The molecular weight excluding hydrogens is 412 g/mol. The van der Waals surface area contributed by atoms with Gasteiger partial charge in [-0.3, -0.25) is 9.36 Å². The number of methoxy groups -OCH3 is 1. The van der Waals surface area contributed by atoms with Crippen LogP contribution >= 0.6 is 11.8 Å². The highest BCUT2D eigenvalue weighted by molar-refractivity contribution is 7.98. The Bertz CT molecular complexity index is 1140. The maximum atomic E-state index is 13.2. The topological polar surface area (TPSA) is 62.6 Å². The first-order valence-electron chi connectivity index (χ1n) is 10.6. The van der Waals surface area contributed by atoms with Crippen LogP contribution in [0.15, 0.2) is 46.3 Å². The van der Waals surface area contributed by atoms with E-state index in [0.29, 0.717) is 35.0 Å². The molecule has 2 atom stereocenters. The zero-order valence-electron chi connectivity index (χ0n) is 18.4. The Morgan fingerprint density at radius 1 is 1.32 bits per heavy atom. The van der Waals surface area contributed by atoms with Gasteiger partial charge in [-0.1, -0.05) is 23.9 Å². The minimum Gasteiger partial charge on any atom is -0.494 e. The lowest BCUT2D eigenvalue weighted by Gasteiger charge is -2.19. The van der Waals surface area contributed by atoms with Gasteiger partial charge in [0, 0.05) is 30.4 Å². The Labute approximate surface area is 186 Å². The fourth-order valence-corrected chi connectivity index (χ4v) is 5.03. The van der Waals surface area contributed by atoms with Crippen LogP contribution in [0, 0.1) is 0 Å². The molecule has 164 valence electrons. The second-order valence-corrected chi connectivity index (χ2v) is 8.76. The largest absolute Gasteiger partial charge is 0.494 e. The monoisotopic (exact) mass is 440 g/mol. The van der Waals surface area contributed by atoms with E-state index in [1.165, 1.54) is 17.3 Å². The fraction of sp³-hybridized carbons (Fsp3) is 0.417. The molecule has 0 saturated carbocycles. The van der Waals surface area contributed by atoms with Crippen LogP contribution in [-0.4, -0.2) is 36.0 Å². The maximum Gasteiger partial charge on any atom is 0.262 e. The fourth-order valence-electron chi connectivity index (χ4n) is 3.96. The zero-order valence-corrected chi connectivity index (χ0v) is 19.2. The highest BCUT2D eigenvalue weighted by Crippen LogP contribution is 2.37. The second-order valence-electron chi connectivity index (χ2n) is 7.81. The molecular formula is C24H28N2O4S. The molecule has 0 bridgehead atoms. The minimum absolute atomic E-state index is 0.0474. The van der Waals surface area contributed by atoms with Crippen molar-refractivity contribution in [2.24, 2.45) is 0 Å². The van der Waals surface area contributed by atoms with Crippen LogP contribution in [0.25, 0.3) is 10.9 Å². The van der Waals surface area contributed by atoms with Crippen LogP contribution in [0.1, 0.15) is 37.9 Å². The summed E-state index contributed by atoms with van der Waals surface area (Å²) in [5, 5.41) is 1.29. The van der Waals surface area contributed by atoms with Gasteiger partial charge in [0.25, 0.3) is 5.56 Å². The number of para-hydroxylation sites is 1. The molecule has 31 heavy (non-hydrogen) atoms. The molecule has 0 N–H and O–H groups in total. The lowest BCUT2D eigenvalue weighted by Crippen LogP contribution is -2.28. The van der Waals surface area contributed by atoms with Gasteiger partial charge < -0.3 is 14.2 Å². The van der Waals surface area contributed by atoms with Crippen molar-refractivity contribution in [1.29, 1.82) is 0 Å². The zero-order chi connectivity index (χ0) is 22.0. The van der Waals surface area contributed by atoms with Crippen molar-refractivity contribution in [3.8, 4) is 11.5 Å². The molecule has 1 aromatic heterocycles. The molecule has 3 aromatic rings. The molecule has 0 aliphatic carbocycles. The standard InChI is InChI=1S/C24H28N2O4S/c1-5-29-21-11-17-10-16(3)30-22(17)12-18(21)14-31-24-25-20-9-7-6-8-19(20)23(27)26(24)15(2)13-28-4/h6-9,11-12,15-16H,5,10,13-14H2,1-4H3. The summed E-state index contributed by atoms with van der Waals surface area (Å²) in [7, 11) is 1.64. The van der Waals surface area contributed by atoms with E-state index in [9.17, 15) is 4.79 Å². The van der Waals surface area contributed by atoms with E-state index >= 15 is 0 Å². The molecule has 2 aromatic carbocycles. The van der Waals surface area contributed by atoms with Crippen LogP contribution < -0.4 is 15.0 Å². The van der Waals surface area contributed by atoms with Crippen LogP contribution in [0.2, 0.25) is 0 Å². The Morgan fingerprint density at radius 2 is 2.13 bits per heavy atom. The van der Waals surface area contributed by atoms with Gasteiger partial charge in [0.05, 0.1) is 30.2 Å². The lowest BCUT2D eigenvalue weighted by molar-refractivity contribution is 0.156. The third-order valence-corrected chi connectivity index (χ3v) is 6.36. The van der Waals surface area contributed by atoms with E-state index in [0.717, 1.165) is 23.5 Å². The number of ether oxygens (including phenoxy) is 3. The molecule has 0 radical (unpaired) electrons. The van der Waals surface area contributed by atoms with E-state index in [-0.39, 0.29) is 17.7 Å². The van der Waals surface area contributed by atoms with Gasteiger partial charge in [0.15, 0.2) is 5.16 Å². The summed E-state index contributed by atoms with van der Waals surface area (Å²) in [5.41, 5.74) is 2.87. The summed E-state index contributed by atoms with van der Waals surface area (Å²) in [6.45, 7) is 7.06. The first kappa shape index (κ1) is 21.7. The third-order valence-electron chi connectivity index (χ3n) is 5.36. The summed E-state index contributed by atoms with van der Waals surface area (Å²) in [4.78, 5) is 18.1. The summed E-state index contributed by atoms with van der Waals surface area (Å²) in [6, 6.07) is 11.5. The first-order valence-corrected chi connectivity index (χ1v) is 11.6. The van der Waals surface area contributed by atoms with Crippen molar-refractivity contribution < 1.29 is 14.2 Å². The minimum atomic E-state index is -0.132. The Morgan fingerprint density at radius 3 is 2.90 bits per heavy atom. The van der Waals surface area contributed by atoms with E-state index in [1.807, 2.05) is 38.1 Å². The van der Waals surface area contributed by atoms with Crippen molar-refractivity contribution in [2.45, 2.75) is 50.2 Å².